The van der Waals surface area contributed by atoms with Gasteiger partial charge in [0.15, 0.2) is 23.0 Å². The van der Waals surface area contributed by atoms with Crippen LogP contribution in [0.4, 0.5) is 0 Å². The maximum absolute atomic E-state index is 13.3. The van der Waals surface area contributed by atoms with Crippen molar-refractivity contribution in [3.8, 4) is 34.5 Å². The van der Waals surface area contributed by atoms with Gasteiger partial charge in [-0.2, -0.15) is 0 Å². The van der Waals surface area contributed by atoms with Gasteiger partial charge in [0.05, 0.1) is 39.9 Å². The highest BCUT2D eigenvalue weighted by Gasteiger charge is 2.53. The molecule has 2 N–H and O–H groups in total. The van der Waals surface area contributed by atoms with Gasteiger partial charge in [0.2, 0.25) is 18.4 Å². The predicted molar refractivity (Wildman–Crippen MR) is 146 cm³/mol. The van der Waals surface area contributed by atoms with Gasteiger partial charge in [0.1, 0.15) is 5.75 Å². The third kappa shape index (κ3) is 4.65. The molecule has 1 amide bonds. The molecular weight excluding hydrogens is 530 g/mol. The van der Waals surface area contributed by atoms with Crippen molar-refractivity contribution in [1.29, 1.82) is 0 Å². The van der Waals surface area contributed by atoms with Gasteiger partial charge in [-0.15, -0.1) is 0 Å². The number of rotatable bonds is 7. The highest BCUT2D eigenvalue weighted by atomic mass is 16.7. The minimum atomic E-state index is -0.627. The Bertz CT molecular complexity index is 1510. The number of nitrogens with one attached hydrogen (secondary N) is 1. The van der Waals surface area contributed by atoms with Crippen molar-refractivity contribution >= 4 is 18.0 Å². The molecule has 3 aromatic rings. The van der Waals surface area contributed by atoms with Crippen molar-refractivity contribution < 1.29 is 43.1 Å². The van der Waals surface area contributed by atoms with Crippen LogP contribution in [-0.4, -0.2) is 51.7 Å². The fourth-order valence-electron chi connectivity index (χ4n) is 5.93. The molecule has 10 nitrogen and oxygen atoms in total. The van der Waals surface area contributed by atoms with Crippen molar-refractivity contribution in [1.82, 2.24) is 5.32 Å². The van der Waals surface area contributed by atoms with Crippen LogP contribution in [0.3, 0.4) is 0 Å². The van der Waals surface area contributed by atoms with Crippen molar-refractivity contribution in [2.24, 2.45) is 11.8 Å². The van der Waals surface area contributed by atoms with Crippen LogP contribution in [0, 0.1) is 11.8 Å². The Kier molecular flexibility index (Phi) is 6.82. The third-order valence-electron chi connectivity index (χ3n) is 7.89. The summed E-state index contributed by atoms with van der Waals surface area (Å²) in [5, 5.41) is 13.6. The molecule has 212 valence electrons. The number of phenols is 1. The first kappa shape index (κ1) is 26.4. The van der Waals surface area contributed by atoms with Crippen LogP contribution in [0.1, 0.15) is 34.2 Å². The molecule has 0 spiro atoms. The van der Waals surface area contributed by atoms with Crippen molar-refractivity contribution in [3.05, 3.63) is 76.9 Å². The van der Waals surface area contributed by atoms with E-state index in [1.807, 2.05) is 36.4 Å². The average molecular weight is 560 g/mol. The number of carbonyl (C=O) groups is 2. The summed E-state index contributed by atoms with van der Waals surface area (Å²) in [6, 6.07) is 13.9. The molecular formula is C31H29NO9. The quantitative estimate of drug-likeness (QED) is 0.327. The molecule has 1 saturated heterocycles. The third-order valence-corrected chi connectivity index (χ3v) is 7.89. The van der Waals surface area contributed by atoms with Crippen molar-refractivity contribution in [2.45, 2.75) is 12.0 Å². The first-order chi connectivity index (χ1) is 19.9. The van der Waals surface area contributed by atoms with Gasteiger partial charge >= 0.3 is 5.97 Å². The molecule has 0 bridgehead atoms. The minimum absolute atomic E-state index is 0.0697. The molecule has 10 heteroatoms. The summed E-state index contributed by atoms with van der Waals surface area (Å²) < 4.78 is 33.0. The number of carbonyl (C=O) groups excluding carboxylic acids is 2. The lowest BCUT2D eigenvalue weighted by Gasteiger charge is -2.39. The largest absolute Gasteiger partial charge is 0.502 e. The number of methoxy groups -OCH3 is 3. The number of amides is 1. The van der Waals surface area contributed by atoms with E-state index >= 15 is 0 Å². The van der Waals surface area contributed by atoms with Gasteiger partial charge in [0.25, 0.3) is 0 Å². The number of cyclic esters (lactones) is 1. The standard InChI is InChI=1S/C31H29NO9/c1-36-18-7-4-16(5-8-18)6-9-26(33)32-29-20-13-23-22(40-15-41-23)12-19(20)27(28-21(29)14-39-31(28)35)17-10-24(37-2)30(34)25(11-17)38-3/h4-13,21,27-29,34H,14-15H2,1-3H3,(H,32,33)/b9-6+/t21-,27+,28-,29+/m0/s1. The Morgan fingerprint density at radius 1 is 0.927 bits per heavy atom. The van der Waals surface area contributed by atoms with E-state index in [1.165, 1.54) is 20.3 Å². The zero-order chi connectivity index (χ0) is 28.7. The van der Waals surface area contributed by atoms with Gasteiger partial charge in [-0.3, -0.25) is 9.59 Å². The Morgan fingerprint density at radius 2 is 1.59 bits per heavy atom. The first-order valence-electron chi connectivity index (χ1n) is 13.1. The molecule has 0 unspecified atom stereocenters. The zero-order valence-corrected chi connectivity index (χ0v) is 22.7. The lowest BCUT2D eigenvalue weighted by atomic mass is 9.65. The summed E-state index contributed by atoms with van der Waals surface area (Å²) in [6.07, 6.45) is 3.17. The van der Waals surface area contributed by atoms with Crippen LogP contribution in [0.2, 0.25) is 0 Å². The lowest BCUT2D eigenvalue weighted by Crippen LogP contribution is -2.42. The van der Waals surface area contributed by atoms with E-state index in [-0.39, 0.29) is 48.4 Å². The van der Waals surface area contributed by atoms with E-state index in [1.54, 1.807) is 25.3 Å². The molecule has 0 saturated carbocycles. The molecule has 1 fully saturated rings. The summed E-state index contributed by atoms with van der Waals surface area (Å²) in [6.45, 7) is 0.202. The number of ether oxygens (including phenoxy) is 6. The summed E-state index contributed by atoms with van der Waals surface area (Å²) in [5.41, 5.74) is 3.08. The predicted octanol–water partition coefficient (Wildman–Crippen LogP) is 3.95. The molecule has 4 atom stereocenters. The summed E-state index contributed by atoms with van der Waals surface area (Å²) in [4.78, 5) is 26.5. The normalized spacial score (nSPS) is 22.1. The zero-order valence-electron chi connectivity index (χ0n) is 22.7. The van der Waals surface area contributed by atoms with Crippen molar-refractivity contribution in [2.75, 3.05) is 34.7 Å². The summed E-state index contributed by atoms with van der Waals surface area (Å²) in [7, 11) is 4.49. The second-order valence-corrected chi connectivity index (χ2v) is 10.00. The number of hydrogen-bond donors (Lipinski definition) is 2. The maximum Gasteiger partial charge on any atom is 0.310 e. The van der Waals surface area contributed by atoms with E-state index < -0.39 is 17.9 Å². The van der Waals surface area contributed by atoms with Crippen LogP contribution >= 0.6 is 0 Å². The summed E-state index contributed by atoms with van der Waals surface area (Å²) >= 11 is 0. The van der Waals surface area contributed by atoms with E-state index in [4.69, 9.17) is 28.4 Å². The van der Waals surface area contributed by atoms with Crippen LogP contribution in [0.25, 0.3) is 6.08 Å². The topological polar surface area (TPSA) is 122 Å². The molecule has 0 radical (unpaired) electrons. The number of benzene rings is 3. The SMILES string of the molecule is COc1ccc(/C=C/C(=O)N[C@@H]2c3cc4c(cc3[C@@H](c3cc(OC)c(O)c(OC)c3)[C@H]3C(=O)OC[C@@H]32)OCO4)cc1. The molecule has 0 aromatic heterocycles. The molecule has 3 aliphatic rings. The first-order valence-corrected chi connectivity index (χ1v) is 13.1. The van der Waals surface area contributed by atoms with Crippen LogP contribution < -0.4 is 29.0 Å². The monoisotopic (exact) mass is 559 g/mol. The lowest BCUT2D eigenvalue weighted by molar-refractivity contribution is -0.141. The minimum Gasteiger partial charge on any atom is -0.502 e. The van der Waals surface area contributed by atoms with Crippen LogP contribution in [0.5, 0.6) is 34.5 Å². The molecule has 2 heterocycles. The van der Waals surface area contributed by atoms with Crippen molar-refractivity contribution in [3.63, 3.8) is 0 Å². The Balaban J connectivity index is 1.42. The second-order valence-electron chi connectivity index (χ2n) is 10.00. The average Bonchev–Trinajstić information content (AvgIpc) is 3.62. The number of hydrogen-bond acceptors (Lipinski definition) is 9. The molecule has 1 aliphatic carbocycles. The van der Waals surface area contributed by atoms with Gasteiger partial charge < -0.3 is 38.8 Å². The molecule has 3 aromatic carbocycles. The Hall–Kier alpha value is -4.86. The highest BCUT2D eigenvalue weighted by molar-refractivity contribution is 5.92. The fourth-order valence-corrected chi connectivity index (χ4v) is 5.93. The van der Waals surface area contributed by atoms with Crippen LogP contribution in [0.15, 0.2) is 54.6 Å². The molecule has 41 heavy (non-hydrogen) atoms. The smallest absolute Gasteiger partial charge is 0.310 e. The van der Waals surface area contributed by atoms with Crippen LogP contribution in [-0.2, 0) is 14.3 Å². The number of esters is 1. The molecule has 2 aliphatic heterocycles. The Labute approximate surface area is 236 Å². The summed E-state index contributed by atoms with van der Waals surface area (Å²) in [5.74, 6) is -0.0816. The van der Waals surface area contributed by atoms with E-state index in [2.05, 4.69) is 5.32 Å². The number of fused-ring (bicyclic) bond motifs is 3. The second kappa shape index (κ2) is 10.6. The number of aromatic hydroxyl groups is 1. The van der Waals surface area contributed by atoms with Gasteiger partial charge in [-0.1, -0.05) is 12.1 Å². The van der Waals surface area contributed by atoms with Gasteiger partial charge in [0, 0.05) is 17.9 Å². The molecule has 6 rings (SSSR count). The Morgan fingerprint density at radius 3 is 2.22 bits per heavy atom. The van der Waals surface area contributed by atoms with Gasteiger partial charge in [-0.25, -0.2) is 0 Å². The fraction of sp³-hybridized carbons (Fsp3) is 0.290. The van der Waals surface area contributed by atoms with E-state index in [0.29, 0.717) is 17.1 Å². The van der Waals surface area contributed by atoms with Gasteiger partial charge in [-0.05, 0) is 64.7 Å². The highest BCUT2D eigenvalue weighted by Crippen LogP contribution is 2.55. The maximum atomic E-state index is 13.3. The van der Waals surface area contributed by atoms with E-state index in [9.17, 15) is 14.7 Å². The van der Waals surface area contributed by atoms with E-state index in [0.717, 1.165) is 22.4 Å². The number of phenolic OH excluding ortho intramolecular Hbond substituents is 1.